The molecule has 2 rings (SSSR count). The molecule has 31 heavy (non-hydrogen) atoms. The number of carbonyl (C=O) groups excluding carboxylic acids is 3. The van der Waals surface area contributed by atoms with Crippen molar-refractivity contribution in [2.24, 2.45) is 5.41 Å². The standard InChI is InChI=1S/C24H34N2O5/c1-8-26-17(4)21(16(3)22(26)23(29)30-9-2)19(27)15-25(14-18-11-10-12-31-18)20(28)13-24(5,6)7/h10-12H,8-9,13-15H2,1-7H3. The van der Waals surface area contributed by atoms with E-state index in [1.54, 1.807) is 36.8 Å². The highest BCUT2D eigenvalue weighted by Gasteiger charge is 2.29. The predicted molar refractivity (Wildman–Crippen MR) is 118 cm³/mol. The number of aromatic nitrogens is 1. The molecule has 0 N–H and O–H groups in total. The number of ketones is 1. The first-order valence-electron chi connectivity index (χ1n) is 10.7. The van der Waals surface area contributed by atoms with Crippen molar-refractivity contribution in [3.8, 4) is 0 Å². The highest BCUT2D eigenvalue weighted by atomic mass is 16.5. The monoisotopic (exact) mass is 430 g/mol. The Morgan fingerprint density at radius 2 is 1.84 bits per heavy atom. The summed E-state index contributed by atoms with van der Waals surface area (Å²) in [6, 6.07) is 3.54. The van der Waals surface area contributed by atoms with Crippen LogP contribution in [0.5, 0.6) is 0 Å². The average molecular weight is 431 g/mol. The second kappa shape index (κ2) is 9.98. The van der Waals surface area contributed by atoms with Gasteiger partial charge in [0.2, 0.25) is 5.91 Å². The van der Waals surface area contributed by atoms with Crippen molar-refractivity contribution in [2.75, 3.05) is 13.2 Å². The van der Waals surface area contributed by atoms with Crippen molar-refractivity contribution in [2.45, 2.75) is 68.0 Å². The minimum Gasteiger partial charge on any atom is -0.467 e. The summed E-state index contributed by atoms with van der Waals surface area (Å²) in [6.45, 7) is 14.1. The molecule has 0 aromatic carbocycles. The van der Waals surface area contributed by atoms with Gasteiger partial charge in [-0.15, -0.1) is 0 Å². The Bertz CT molecular complexity index is 932. The van der Waals surface area contributed by atoms with E-state index in [0.717, 1.165) is 0 Å². The second-order valence-corrected chi connectivity index (χ2v) is 8.89. The SMILES string of the molecule is CCOC(=O)c1c(C)c(C(=O)CN(Cc2ccco2)C(=O)CC(C)(C)C)c(C)n1CC. The molecule has 170 valence electrons. The highest BCUT2D eigenvalue weighted by molar-refractivity contribution is 6.04. The largest absolute Gasteiger partial charge is 0.467 e. The lowest BCUT2D eigenvalue weighted by atomic mass is 9.91. The van der Waals surface area contributed by atoms with Crippen molar-refractivity contribution in [3.63, 3.8) is 0 Å². The van der Waals surface area contributed by atoms with Gasteiger partial charge in [0.25, 0.3) is 0 Å². The Morgan fingerprint density at radius 3 is 2.35 bits per heavy atom. The van der Waals surface area contributed by atoms with E-state index in [0.29, 0.717) is 41.2 Å². The van der Waals surface area contributed by atoms with Crippen LogP contribution in [-0.4, -0.2) is 40.3 Å². The molecule has 0 aliphatic rings. The topological polar surface area (TPSA) is 81.8 Å². The maximum Gasteiger partial charge on any atom is 0.355 e. The summed E-state index contributed by atoms with van der Waals surface area (Å²) in [4.78, 5) is 40.4. The van der Waals surface area contributed by atoms with Crippen LogP contribution in [-0.2, 0) is 22.6 Å². The number of Topliss-reactive ketones (excluding diaryl/α,β-unsaturated/α-hetero) is 1. The highest BCUT2D eigenvalue weighted by Crippen LogP contribution is 2.25. The van der Waals surface area contributed by atoms with Gasteiger partial charge in [-0.05, 0) is 50.8 Å². The lowest BCUT2D eigenvalue weighted by Gasteiger charge is -2.25. The quantitative estimate of drug-likeness (QED) is 0.431. The lowest BCUT2D eigenvalue weighted by Crippen LogP contribution is -2.37. The molecule has 1 amide bonds. The van der Waals surface area contributed by atoms with E-state index in [1.165, 1.54) is 4.90 Å². The van der Waals surface area contributed by atoms with Gasteiger partial charge in [-0.25, -0.2) is 4.79 Å². The lowest BCUT2D eigenvalue weighted by molar-refractivity contribution is -0.133. The van der Waals surface area contributed by atoms with Crippen molar-refractivity contribution < 1.29 is 23.5 Å². The van der Waals surface area contributed by atoms with Crippen molar-refractivity contribution in [1.29, 1.82) is 0 Å². The van der Waals surface area contributed by atoms with Crippen molar-refractivity contribution in [3.05, 3.63) is 46.7 Å². The summed E-state index contributed by atoms with van der Waals surface area (Å²) >= 11 is 0. The fourth-order valence-corrected chi connectivity index (χ4v) is 3.80. The molecule has 0 radical (unpaired) electrons. The summed E-state index contributed by atoms with van der Waals surface area (Å²) in [5.74, 6) is -0.156. The number of carbonyl (C=O) groups is 3. The van der Waals surface area contributed by atoms with E-state index in [4.69, 9.17) is 9.15 Å². The number of amides is 1. The van der Waals surface area contributed by atoms with Gasteiger partial charge >= 0.3 is 5.97 Å². The molecule has 0 aliphatic heterocycles. The van der Waals surface area contributed by atoms with Crippen LogP contribution in [0.1, 0.15) is 78.9 Å². The molecular weight excluding hydrogens is 396 g/mol. The maximum atomic E-state index is 13.4. The van der Waals surface area contributed by atoms with Crippen LogP contribution >= 0.6 is 0 Å². The van der Waals surface area contributed by atoms with E-state index in [2.05, 4.69) is 0 Å². The Balaban J connectivity index is 2.38. The Kier molecular flexibility index (Phi) is 7.87. The van der Waals surface area contributed by atoms with E-state index in [1.807, 2.05) is 34.6 Å². The van der Waals surface area contributed by atoms with E-state index in [9.17, 15) is 14.4 Å². The molecule has 0 atom stereocenters. The molecule has 0 fully saturated rings. The van der Waals surface area contributed by atoms with Crippen LogP contribution in [0.4, 0.5) is 0 Å². The van der Waals surface area contributed by atoms with Gasteiger partial charge in [-0.2, -0.15) is 0 Å². The van der Waals surface area contributed by atoms with E-state index < -0.39 is 5.97 Å². The third-order valence-electron chi connectivity index (χ3n) is 5.13. The van der Waals surface area contributed by atoms with Gasteiger partial charge in [0.15, 0.2) is 5.78 Å². The number of rotatable bonds is 9. The first-order valence-corrected chi connectivity index (χ1v) is 10.7. The number of hydrogen-bond donors (Lipinski definition) is 0. The number of hydrogen-bond acceptors (Lipinski definition) is 5. The smallest absolute Gasteiger partial charge is 0.355 e. The molecule has 0 unspecified atom stereocenters. The molecule has 7 heteroatoms. The number of ether oxygens (including phenoxy) is 1. The third kappa shape index (κ3) is 5.87. The fourth-order valence-electron chi connectivity index (χ4n) is 3.80. The Hall–Kier alpha value is -2.83. The summed E-state index contributed by atoms with van der Waals surface area (Å²) in [5, 5.41) is 0. The van der Waals surface area contributed by atoms with Crippen LogP contribution in [0.2, 0.25) is 0 Å². The number of esters is 1. The molecule has 0 saturated heterocycles. The molecule has 0 spiro atoms. The predicted octanol–water partition coefficient (Wildman–Crippen LogP) is 4.54. The minimum atomic E-state index is -0.444. The summed E-state index contributed by atoms with van der Waals surface area (Å²) < 4.78 is 12.4. The summed E-state index contributed by atoms with van der Waals surface area (Å²) in [6.07, 6.45) is 1.86. The Morgan fingerprint density at radius 1 is 1.16 bits per heavy atom. The van der Waals surface area contributed by atoms with Crippen molar-refractivity contribution >= 4 is 17.7 Å². The molecule has 0 saturated carbocycles. The van der Waals surface area contributed by atoms with E-state index in [-0.39, 0.29) is 36.8 Å². The van der Waals surface area contributed by atoms with Gasteiger partial charge in [-0.3, -0.25) is 9.59 Å². The zero-order valence-corrected chi connectivity index (χ0v) is 19.7. The normalized spacial score (nSPS) is 11.5. The summed E-state index contributed by atoms with van der Waals surface area (Å²) in [5.41, 5.74) is 1.94. The molecular formula is C24H34N2O5. The van der Waals surface area contributed by atoms with Crippen LogP contribution in [0.15, 0.2) is 22.8 Å². The summed E-state index contributed by atoms with van der Waals surface area (Å²) in [7, 11) is 0. The zero-order valence-electron chi connectivity index (χ0n) is 19.7. The number of furan rings is 1. The van der Waals surface area contributed by atoms with Gasteiger partial charge in [0.05, 0.1) is 26.0 Å². The van der Waals surface area contributed by atoms with E-state index >= 15 is 0 Å². The first kappa shape index (κ1) is 24.4. The van der Waals surface area contributed by atoms with Crippen LogP contribution < -0.4 is 0 Å². The van der Waals surface area contributed by atoms with Gasteiger partial charge in [0, 0.05) is 24.2 Å². The third-order valence-corrected chi connectivity index (χ3v) is 5.13. The van der Waals surface area contributed by atoms with Gasteiger partial charge < -0.3 is 18.6 Å². The molecule has 2 aromatic heterocycles. The van der Waals surface area contributed by atoms with Crippen molar-refractivity contribution in [1.82, 2.24) is 9.47 Å². The molecule has 2 heterocycles. The van der Waals surface area contributed by atoms with Gasteiger partial charge in [0.1, 0.15) is 11.5 Å². The average Bonchev–Trinajstić information content (AvgIpc) is 3.25. The minimum absolute atomic E-state index is 0.0900. The van der Waals surface area contributed by atoms with Crippen LogP contribution in [0, 0.1) is 19.3 Å². The molecule has 0 aliphatic carbocycles. The fraction of sp³-hybridized carbons (Fsp3) is 0.542. The second-order valence-electron chi connectivity index (χ2n) is 8.89. The van der Waals surface area contributed by atoms with Crippen LogP contribution in [0.3, 0.4) is 0 Å². The Labute approximate surface area is 184 Å². The number of nitrogens with zero attached hydrogens (tertiary/aromatic N) is 2. The maximum absolute atomic E-state index is 13.4. The van der Waals surface area contributed by atoms with Gasteiger partial charge in [-0.1, -0.05) is 20.8 Å². The molecule has 7 nitrogen and oxygen atoms in total. The first-order chi connectivity index (χ1) is 14.5. The van der Waals surface area contributed by atoms with Crippen LogP contribution in [0.25, 0.3) is 0 Å². The molecule has 2 aromatic rings. The zero-order chi connectivity index (χ0) is 23.3. The molecule has 0 bridgehead atoms.